The first-order valence-electron chi connectivity index (χ1n) is 12.4. The molecule has 1 aromatic carbocycles. The van der Waals surface area contributed by atoms with Crippen LogP contribution in [0.2, 0.25) is 0 Å². The smallest absolute Gasteiger partial charge is 0.410 e. The number of hydrogen-bond acceptors (Lipinski definition) is 6. The molecule has 0 aliphatic rings. The number of aromatic nitrogens is 3. The number of halogens is 1. The predicted octanol–water partition coefficient (Wildman–Crippen LogP) is 2.84. The highest BCUT2D eigenvalue weighted by atomic mass is 19.1. The van der Waals surface area contributed by atoms with E-state index in [-0.39, 0.29) is 36.9 Å². The molecule has 1 atom stereocenters. The van der Waals surface area contributed by atoms with Crippen molar-refractivity contribution in [3.05, 3.63) is 70.7 Å². The summed E-state index contributed by atoms with van der Waals surface area (Å²) in [6.45, 7) is 2.73. The average Bonchev–Trinajstić information content (AvgIpc) is 3.23. The van der Waals surface area contributed by atoms with Crippen LogP contribution in [-0.4, -0.2) is 76.1 Å². The highest BCUT2D eigenvalue weighted by molar-refractivity contribution is 5.94. The van der Waals surface area contributed by atoms with Gasteiger partial charge in [-0.25, -0.2) is 14.2 Å². The average molecular weight is 541 g/mol. The lowest BCUT2D eigenvalue weighted by atomic mass is 10.1. The van der Waals surface area contributed by atoms with Crippen LogP contribution in [-0.2, 0) is 27.4 Å². The number of nitrogens with zero attached hydrogens (tertiary/aromatic N) is 5. The fraction of sp³-hybridized carbons (Fsp3) is 0.370. The van der Waals surface area contributed by atoms with Crippen molar-refractivity contribution >= 4 is 34.6 Å². The van der Waals surface area contributed by atoms with E-state index >= 15 is 0 Å². The molecule has 1 N–H and O–H groups in total. The lowest BCUT2D eigenvalue weighted by molar-refractivity contribution is -0.125. The zero-order chi connectivity index (χ0) is 28.7. The summed E-state index contributed by atoms with van der Waals surface area (Å²) in [4.78, 5) is 56.7. The Morgan fingerprint density at radius 3 is 2.56 bits per heavy atom. The van der Waals surface area contributed by atoms with E-state index in [0.29, 0.717) is 6.54 Å². The van der Waals surface area contributed by atoms with Crippen LogP contribution in [0.1, 0.15) is 25.5 Å². The first-order valence-corrected chi connectivity index (χ1v) is 12.4. The lowest BCUT2D eigenvalue weighted by Gasteiger charge is -2.19. The van der Waals surface area contributed by atoms with Gasteiger partial charge in [-0.3, -0.25) is 14.4 Å². The number of likely N-dealkylation sites (N-methyl/N-ethyl adjacent to an activating group) is 1. The van der Waals surface area contributed by atoms with Crippen molar-refractivity contribution in [2.24, 2.45) is 0 Å². The number of amides is 3. The van der Waals surface area contributed by atoms with E-state index in [9.17, 15) is 23.6 Å². The Balaban J connectivity index is 1.80. The molecule has 2 aromatic heterocycles. The molecule has 0 saturated carbocycles. The normalized spacial score (nSPS) is 11.9. The molecule has 0 spiro atoms. The number of allylic oxidation sites excluding steroid dienone is 1. The predicted molar refractivity (Wildman–Crippen MR) is 145 cm³/mol. The SMILES string of the molecule is CCn1c(Cn2ccnc(NC(=O)C(CCC=CC(=O)N(C)C)OC(=O)N(C)C)c2=O)cc2cc(F)ccc21. The van der Waals surface area contributed by atoms with Crippen LogP contribution in [0.3, 0.4) is 0 Å². The second-order valence-corrected chi connectivity index (χ2v) is 9.26. The van der Waals surface area contributed by atoms with Gasteiger partial charge in [0.2, 0.25) is 5.91 Å². The van der Waals surface area contributed by atoms with Crippen molar-refractivity contribution < 1.29 is 23.5 Å². The third-order valence-electron chi connectivity index (χ3n) is 5.95. The lowest BCUT2D eigenvalue weighted by Crippen LogP contribution is -2.38. The Morgan fingerprint density at radius 2 is 1.90 bits per heavy atom. The van der Waals surface area contributed by atoms with Crippen molar-refractivity contribution in [1.29, 1.82) is 0 Å². The topological polar surface area (TPSA) is 119 Å². The molecule has 0 saturated heterocycles. The van der Waals surface area contributed by atoms with Crippen molar-refractivity contribution in [3.8, 4) is 0 Å². The van der Waals surface area contributed by atoms with E-state index in [0.717, 1.165) is 16.6 Å². The number of benzene rings is 1. The molecule has 2 heterocycles. The maximum Gasteiger partial charge on any atom is 0.410 e. The molecule has 0 aliphatic heterocycles. The number of fused-ring (bicyclic) bond motifs is 1. The molecule has 1 unspecified atom stereocenters. The zero-order valence-corrected chi connectivity index (χ0v) is 22.7. The third-order valence-corrected chi connectivity index (χ3v) is 5.95. The number of hydrogen-bond donors (Lipinski definition) is 1. The molecule has 3 aromatic rings. The number of aryl methyl sites for hydroxylation is 1. The van der Waals surface area contributed by atoms with E-state index < -0.39 is 23.7 Å². The summed E-state index contributed by atoms with van der Waals surface area (Å²) >= 11 is 0. The largest absolute Gasteiger partial charge is 0.436 e. The Morgan fingerprint density at radius 1 is 1.15 bits per heavy atom. The molecule has 39 heavy (non-hydrogen) atoms. The molecule has 3 rings (SSSR count). The first kappa shape index (κ1) is 29.1. The summed E-state index contributed by atoms with van der Waals surface area (Å²) in [5.74, 6) is -1.52. The minimum atomic E-state index is -1.23. The molecule has 0 aliphatic carbocycles. The molecule has 3 amide bonds. The van der Waals surface area contributed by atoms with Gasteiger partial charge in [0.25, 0.3) is 11.5 Å². The molecule has 0 fully saturated rings. The second kappa shape index (κ2) is 12.9. The highest BCUT2D eigenvalue weighted by Gasteiger charge is 2.25. The van der Waals surface area contributed by atoms with Crippen molar-refractivity contribution in [1.82, 2.24) is 23.9 Å². The van der Waals surface area contributed by atoms with Gasteiger partial charge in [0.1, 0.15) is 5.82 Å². The molecule has 11 nitrogen and oxygen atoms in total. The maximum absolute atomic E-state index is 13.7. The Kier molecular flexibility index (Phi) is 9.58. The maximum atomic E-state index is 13.7. The van der Waals surface area contributed by atoms with Crippen LogP contribution in [0.4, 0.5) is 15.0 Å². The van der Waals surface area contributed by atoms with E-state index in [4.69, 9.17) is 4.74 Å². The van der Waals surface area contributed by atoms with Gasteiger partial charge in [0.05, 0.1) is 6.54 Å². The van der Waals surface area contributed by atoms with Crippen LogP contribution >= 0.6 is 0 Å². The third kappa shape index (κ3) is 7.30. The minimum absolute atomic E-state index is 0.0802. The molecular weight excluding hydrogens is 507 g/mol. The minimum Gasteiger partial charge on any atom is -0.436 e. The van der Waals surface area contributed by atoms with Crippen LogP contribution in [0.15, 0.2) is 53.6 Å². The summed E-state index contributed by atoms with van der Waals surface area (Å²) in [5.41, 5.74) is 1.07. The van der Waals surface area contributed by atoms with Gasteiger partial charge in [0.15, 0.2) is 11.9 Å². The van der Waals surface area contributed by atoms with E-state index in [1.807, 2.05) is 17.6 Å². The Bertz CT molecular complexity index is 1440. The van der Waals surface area contributed by atoms with Gasteiger partial charge in [-0.15, -0.1) is 0 Å². The first-order chi connectivity index (χ1) is 18.5. The summed E-state index contributed by atoms with van der Waals surface area (Å²) < 4.78 is 22.4. The number of carbonyl (C=O) groups is 3. The van der Waals surface area contributed by atoms with Gasteiger partial charge < -0.3 is 29.0 Å². The Labute approximate surface area is 225 Å². The number of anilines is 1. The number of rotatable bonds is 10. The van der Waals surface area contributed by atoms with Crippen LogP contribution in [0.5, 0.6) is 0 Å². The van der Waals surface area contributed by atoms with E-state index in [1.165, 1.54) is 59.1 Å². The van der Waals surface area contributed by atoms with E-state index in [1.54, 1.807) is 26.2 Å². The molecule has 208 valence electrons. The summed E-state index contributed by atoms with van der Waals surface area (Å²) in [6, 6.07) is 6.34. The molecule has 0 radical (unpaired) electrons. The zero-order valence-electron chi connectivity index (χ0n) is 22.7. The fourth-order valence-electron chi connectivity index (χ4n) is 3.88. The van der Waals surface area contributed by atoms with Gasteiger partial charge in [0, 0.05) is 63.7 Å². The summed E-state index contributed by atoms with van der Waals surface area (Å²) in [6.07, 6.45) is 4.21. The fourth-order valence-corrected chi connectivity index (χ4v) is 3.88. The summed E-state index contributed by atoms with van der Waals surface area (Å²) in [7, 11) is 6.19. The van der Waals surface area contributed by atoms with Crippen molar-refractivity contribution in [2.45, 2.75) is 39.0 Å². The van der Waals surface area contributed by atoms with Crippen LogP contribution < -0.4 is 10.9 Å². The molecular formula is C27H33FN6O5. The van der Waals surface area contributed by atoms with Gasteiger partial charge in [-0.05, 0) is 50.1 Å². The van der Waals surface area contributed by atoms with Crippen molar-refractivity contribution in [2.75, 3.05) is 33.5 Å². The van der Waals surface area contributed by atoms with Crippen molar-refractivity contribution in [3.63, 3.8) is 0 Å². The van der Waals surface area contributed by atoms with Gasteiger partial charge in [-0.1, -0.05) is 6.08 Å². The monoisotopic (exact) mass is 540 g/mol. The number of ether oxygens (including phenoxy) is 1. The number of carbonyl (C=O) groups excluding carboxylic acids is 3. The van der Waals surface area contributed by atoms with Gasteiger partial charge in [-0.2, -0.15) is 0 Å². The van der Waals surface area contributed by atoms with Crippen LogP contribution in [0, 0.1) is 5.82 Å². The standard InChI is InChI=1S/C27H33FN6O5/c1-6-34-20(16-18-15-19(28)11-12-21(18)34)17-33-14-13-29-24(26(33)37)30-25(36)22(39-27(38)32(4)5)9-7-8-10-23(35)31(2)3/h8,10-16,22H,6-7,9,17H2,1-5H3,(H,29,30,36). The summed E-state index contributed by atoms with van der Waals surface area (Å²) in [5, 5.41) is 3.19. The Hall–Kier alpha value is -4.48. The van der Waals surface area contributed by atoms with Gasteiger partial charge >= 0.3 is 6.09 Å². The second-order valence-electron chi connectivity index (χ2n) is 9.26. The molecule has 0 bridgehead atoms. The molecule has 12 heteroatoms. The van der Waals surface area contributed by atoms with Crippen LogP contribution in [0.25, 0.3) is 10.9 Å². The quantitative estimate of drug-likeness (QED) is 0.395. The van der Waals surface area contributed by atoms with E-state index in [2.05, 4.69) is 10.3 Å². The highest BCUT2D eigenvalue weighted by Crippen LogP contribution is 2.22. The number of nitrogens with one attached hydrogen (secondary N) is 1.